The van der Waals surface area contributed by atoms with Crippen molar-refractivity contribution < 1.29 is 9.50 Å². The largest absolute Gasteiger partial charge is 0.383 e. The summed E-state index contributed by atoms with van der Waals surface area (Å²) in [5.74, 6) is -0.284. The molecule has 0 radical (unpaired) electrons. The molecule has 1 unspecified atom stereocenters. The number of thiophene rings is 1. The first-order valence-electron chi connectivity index (χ1n) is 5.18. The molecule has 0 saturated carbocycles. The summed E-state index contributed by atoms with van der Waals surface area (Å²) in [5.41, 5.74) is 2.20. The van der Waals surface area contributed by atoms with Gasteiger partial charge in [0, 0.05) is 0 Å². The van der Waals surface area contributed by atoms with E-state index in [1.54, 1.807) is 19.9 Å². The molecular formula is C13H12ClFOS. The lowest BCUT2D eigenvalue weighted by atomic mass is 9.97. The fourth-order valence-electron chi connectivity index (χ4n) is 1.98. The van der Waals surface area contributed by atoms with Gasteiger partial charge < -0.3 is 5.11 Å². The minimum Gasteiger partial charge on any atom is -0.383 e. The third-order valence-corrected chi connectivity index (χ3v) is 4.14. The van der Waals surface area contributed by atoms with Crippen LogP contribution < -0.4 is 0 Å². The second-order valence-corrected chi connectivity index (χ2v) is 5.34. The van der Waals surface area contributed by atoms with Crippen LogP contribution in [0.3, 0.4) is 0 Å². The summed E-state index contributed by atoms with van der Waals surface area (Å²) in [6.07, 6.45) is -0.789. The van der Waals surface area contributed by atoms with Crippen LogP contribution in [0, 0.1) is 19.7 Å². The van der Waals surface area contributed by atoms with E-state index in [-0.39, 0.29) is 5.82 Å². The topological polar surface area (TPSA) is 20.2 Å². The molecule has 4 heteroatoms. The molecule has 2 aromatic rings. The lowest BCUT2D eigenvalue weighted by Crippen LogP contribution is -2.04. The Bertz CT molecular complexity index is 527. The average Bonchev–Trinajstić information content (AvgIpc) is 2.62. The van der Waals surface area contributed by atoms with E-state index in [9.17, 15) is 9.50 Å². The maximum Gasteiger partial charge on any atom is 0.123 e. The minimum absolute atomic E-state index is 0.284. The second-order valence-electron chi connectivity index (χ2n) is 3.99. The van der Waals surface area contributed by atoms with Crippen molar-refractivity contribution in [2.45, 2.75) is 20.0 Å². The van der Waals surface area contributed by atoms with Crippen LogP contribution in [0.25, 0.3) is 0 Å². The number of aliphatic hydroxyl groups is 1. The molecule has 1 heterocycles. The number of hydrogen-bond donors (Lipinski definition) is 1. The minimum atomic E-state index is -0.789. The van der Waals surface area contributed by atoms with Gasteiger partial charge >= 0.3 is 0 Å². The highest BCUT2D eigenvalue weighted by molar-refractivity contribution is 7.10. The summed E-state index contributed by atoms with van der Waals surface area (Å²) >= 11 is 7.40. The Morgan fingerprint density at radius 2 is 1.88 bits per heavy atom. The Kier molecular flexibility index (Phi) is 3.52. The van der Waals surface area contributed by atoms with Crippen LogP contribution in [0.2, 0.25) is 5.02 Å². The zero-order valence-electron chi connectivity index (χ0n) is 9.50. The van der Waals surface area contributed by atoms with Gasteiger partial charge in [0.05, 0.1) is 9.90 Å². The Hall–Kier alpha value is -0.900. The summed E-state index contributed by atoms with van der Waals surface area (Å²) < 4.78 is 13.2. The summed E-state index contributed by atoms with van der Waals surface area (Å²) in [7, 11) is 0. The van der Waals surface area contributed by atoms with Crippen molar-refractivity contribution in [1.82, 2.24) is 0 Å². The van der Waals surface area contributed by atoms with Gasteiger partial charge in [0.25, 0.3) is 0 Å². The van der Waals surface area contributed by atoms with Crippen LogP contribution in [0.4, 0.5) is 4.39 Å². The van der Waals surface area contributed by atoms with Gasteiger partial charge in [0.1, 0.15) is 11.9 Å². The monoisotopic (exact) mass is 270 g/mol. The number of halogens is 2. The maximum atomic E-state index is 13.2. The van der Waals surface area contributed by atoms with Gasteiger partial charge in [0.15, 0.2) is 0 Å². The predicted octanol–water partition coefficient (Wildman–Crippen LogP) is 4.24. The van der Waals surface area contributed by atoms with E-state index in [1.807, 2.05) is 5.38 Å². The van der Waals surface area contributed by atoms with E-state index >= 15 is 0 Å². The molecule has 0 amide bonds. The van der Waals surface area contributed by atoms with Crippen LogP contribution in [-0.2, 0) is 0 Å². The molecule has 1 atom stereocenters. The van der Waals surface area contributed by atoms with E-state index in [4.69, 9.17) is 11.6 Å². The highest BCUT2D eigenvalue weighted by Gasteiger charge is 2.19. The van der Waals surface area contributed by atoms with E-state index < -0.39 is 6.10 Å². The number of benzene rings is 1. The highest BCUT2D eigenvalue weighted by atomic mass is 35.5. The third-order valence-electron chi connectivity index (χ3n) is 2.73. The molecule has 0 bridgehead atoms. The number of hydrogen-bond acceptors (Lipinski definition) is 2. The smallest absolute Gasteiger partial charge is 0.123 e. The third kappa shape index (κ3) is 2.37. The molecule has 1 nitrogen and oxygen atoms in total. The van der Waals surface area contributed by atoms with Gasteiger partial charge in [-0.25, -0.2) is 4.39 Å². The van der Waals surface area contributed by atoms with Gasteiger partial charge in [0.2, 0.25) is 0 Å². The normalized spacial score (nSPS) is 12.8. The Morgan fingerprint density at radius 3 is 2.35 bits per heavy atom. The molecule has 1 aromatic carbocycles. The lowest BCUT2D eigenvalue weighted by Gasteiger charge is -2.16. The lowest BCUT2D eigenvalue weighted by molar-refractivity contribution is 0.222. The first-order chi connectivity index (χ1) is 8.00. The van der Waals surface area contributed by atoms with Gasteiger partial charge in [-0.05, 0) is 54.1 Å². The Morgan fingerprint density at radius 1 is 1.29 bits per heavy atom. The number of rotatable bonds is 2. The van der Waals surface area contributed by atoms with Crippen molar-refractivity contribution >= 4 is 22.9 Å². The van der Waals surface area contributed by atoms with Crippen LogP contribution >= 0.6 is 22.9 Å². The van der Waals surface area contributed by atoms with Crippen molar-refractivity contribution in [1.29, 1.82) is 0 Å². The molecule has 0 aliphatic heterocycles. The quantitative estimate of drug-likeness (QED) is 0.865. The molecule has 0 aliphatic rings. The van der Waals surface area contributed by atoms with Crippen LogP contribution in [0.1, 0.15) is 27.7 Å². The van der Waals surface area contributed by atoms with Gasteiger partial charge in [-0.2, -0.15) is 0 Å². The maximum absolute atomic E-state index is 13.2. The molecule has 0 saturated heterocycles. The van der Waals surface area contributed by atoms with Crippen molar-refractivity contribution in [3.05, 3.63) is 56.0 Å². The fraction of sp³-hybridized carbons (Fsp3) is 0.231. The van der Waals surface area contributed by atoms with Gasteiger partial charge in [-0.3, -0.25) is 0 Å². The molecule has 1 aromatic heterocycles. The molecule has 1 N–H and O–H groups in total. The predicted molar refractivity (Wildman–Crippen MR) is 69.3 cm³/mol. The van der Waals surface area contributed by atoms with Crippen LogP contribution in [-0.4, -0.2) is 5.11 Å². The molecule has 90 valence electrons. The fourth-order valence-corrected chi connectivity index (χ4v) is 3.14. The average molecular weight is 271 g/mol. The van der Waals surface area contributed by atoms with Crippen LogP contribution in [0.5, 0.6) is 0 Å². The van der Waals surface area contributed by atoms with E-state index in [0.29, 0.717) is 9.90 Å². The van der Waals surface area contributed by atoms with Gasteiger partial charge in [-0.15, -0.1) is 11.3 Å². The first-order valence-corrected chi connectivity index (χ1v) is 6.44. The van der Waals surface area contributed by atoms with Gasteiger partial charge in [-0.1, -0.05) is 11.6 Å². The summed E-state index contributed by atoms with van der Waals surface area (Å²) in [5, 5.41) is 12.7. The molecule has 0 fully saturated rings. The standard InChI is InChI=1S/C13H12ClFOS/c1-7-5-9(15)6-8(2)11(7)12(16)13-10(14)3-4-17-13/h3-6,12,16H,1-2H3. The summed E-state index contributed by atoms with van der Waals surface area (Å²) in [6, 6.07) is 4.60. The Labute approximate surface area is 108 Å². The van der Waals surface area contributed by atoms with Crippen molar-refractivity contribution in [2.24, 2.45) is 0 Å². The molecular weight excluding hydrogens is 259 g/mol. The summed E-state index contributed by atoms with van der Waals surface area (Å²) in [6.45, 7) is 3.58. The van der Waals surface area contributed by atoms with E-state index in [0.717, 1.165) is 16.7 Å². The number of aryl methyl sites for hydroxylation is 2. The van der Waals surface area contributed by atoms with Crippen molar-refractivity contribution in [2.75, 3.05) is 0 Å². The zero-order valence-corrected chi connectivity index (χ0v) is 11.1. The zero-order chi connectivity index (χ0) is 12.6. The van der Waals surface area contributed by atoms with Crippen molar-refractivity contribution in [3.8, 4) is 0 Å². The molecule has 0 aliphatic carbocycles. The SMILES string of the molecule is Cc1cc(F)cc(C)c1C(O)c1sccc1Cl. The second kappa shape index (κ2) is 4.77. The van der Waals surface area contributed by atoms with Crippen LogP contribution in [0.15, 0.2) is 23.6 Å². The number of aliphatic hydroxyl groups excluding tert-OH is 1. The first kappa shape index (κ1) is 12.6. The summed E-state index contributed by atoms with van der Waals surface area (Å²) in [4.78, 5) is 0.699. The van der Waals surface area contributed by atoms with E-state index in [1.165, 1.54) is 23.5 Å². The van der Waals surface area contributed by atoms with Crippen molar-refractivity contribution in [3.63, 3.8) is 0 Å². The highest BCUT2D eigenvalue weighted by Crippen LogP contribution is 2.35. The molecule has 17 heavy (non-hydrogen) atoms. The molecule has 0 spiro atoms. The van der Waals surface area contributed by atoms with E-state index in [2.05, 4.69) is 0 Å². The Balaban J connectivity index is 2.51. The molecule has 2 rings (SSSR count).